The molecule has 1 aromatic rings. The van der Waals surface area contributed by atoms with Crippen LogP contribution in [0.3, 0.4) is 0 Å². The molecule has 0 aliphatic carbocycles. The van der Waals surface area contributed by atoms with Gasteiger partial charge in [0.15, 0.2) is 11.5 Å². The van der Waals surface area contributed by atoms with Crippen molar-refractivity contribution in [2.45, 2.75) is 33.6 Å². The van der Waals surface area contributed by atoms with Crippen LogP contribution in [0.15, 0.2) is 17.1 Å². The molecule has 1 unspecified atom stereocenters. The van der Waals surface area contributed by atoms with Crippen LogP contribution >= 0.6 is 0 Å². The van der Waals surface area contributed by atoms with Gasteiger partial charge in [0.1, 0.15) is 11.7 Å². The zero-order valence-corrected chi connectivity index (χ0v) is 14.0. The summed E-state index contributed by atoms with van der Waals surface area (Å²) in [4.78, 5) is 28.8. The molecular formula is C15H17NO6S. The van der Waals surface area contributed by atoms with E-state index in [1.165, 1.54) is 13.0 Å². The monoisotopic (exact) mass is 339 g/mol. The fraction of sp³-hybridized carbons (Fsp3) is 0.400. The zero-order valence-electron chi connectivity index (χ0n) is 13.2. The smallest absolute Gasteiger partial charge is 0.361 e. The lowest BCUT2D eigenvalue weighted by Gasteiger charge is -2.24. The van der Waals surface area contributed by atoms with E-state index in [9.17, 15) is 18.0 Å². The van der Waals surface area contributed by atoms with Gasteiger partial charge in [-0.3, -0.25) is 19.1 Å². The largest absolute Gasteiger partial charge is 0.446 e. The van der Waals surface area contributed by atoms with Crippen LogP contribution in [0.2, 0.25) is 0 Å². The molecule has 2 rings (SSSR count). The summed E-state index contributed by atoms with van der Waals surface area (Å²) in [6.07, 6.45) is 0. The number of hydrogen-bond donors (Lipinski definition) is 1. The number of fused-ring (bicyclic) bond motifs is 1. The van der Waals surface area contributed by atoms with Gasteiger partial charge >= 0.3 is 10.4 Å². The molecule has 0 aromatic heterocycles. The molecule has 0 saturated heterocycles. The maximum atomic E-state index is 12.7. The molecule has 1 aliphatic heterocycles. The lowest BCUT2D eigenvalue weighted by atomic mass is 9.84. The summed E-state index contributed by atoms with van der Waals surface area (Å²) in [7, 11) is -4.80. The number of hydrogen-bond acceptors (Lipinski definition) is 6. The van der Waals surface area contributed by atoms with Gasteiger partial charge in [0.25, 0.3) is 0 Å². The Morgan fingerprint density at radius 2 is 1.96 bits per heavy atom. The van der Waals surface area contributed by atoms with Gasteiger partial charge in [0, 0.05) is 5.71 Å². The van der Waals surface area contributed by atoms with Gasteiger partial charge in [-0.1, -0.05) is 19.9 Å². The SMILES string of the molecule is CC(=O)C1C(=O)c2c(OS(=O)(=O)O)ccc(C(C)C)c2N=C1C. The maximum absolute atomic E-state index is 12.7. The van der Waals surface area contributed by atoms with Crippen molar-refractivity contribution in [3.05, 3.63) is 23.3 Å². The van der Waals surface area contributed by atoms with Gasteiger partial charge in [-0.25, -0.2) is 0 Å². The third-order valence-electron chi connectivity index (χ3n) is 3.61. The molecule has 1 N–H and O–H groups in total. The van der Waals surface area contributed by atoms with E-state index in [0.29, 0.717) is 5.71 Å². The fourth-order valence-corrected chi connectivity index (χ4v) is 3.02. The second-order valence-corrected chi connectivity index (χ2v) is 6.73. The minimum atomic E-state index is -4.80. The summed E-state index contributed by atoms with van der Waals surface area (Å²) in [5.74, 6) is -2.37. The normalized spacial score (nSPS) is 17.7. The molecule has 1 aromatic carbocycles. The highest BCUT2D eigenvalue weighted by Crippen LogP contribution is 2.41. The number of ketones is 2. The number of carbonyl (C=O) groups is 2. The standard InChI is InChI=1S/C15H17NO6S/c1-7(2)10-5-6-11(22-23(19,20)21)13-14(10)16-8(3)12(9(4)17)15(13)18/h5-7,12H,1-4H3,(H,19,20,21). The van der Waals surface area contributed by atoms with Crippen molar-refractivity contribution < 1.29 is 26.7 Å². The molecular weight excluding hydrogens is 322 g/mol. The van der Waals surface area contributed by atoms with E-state index in [2.05, 4.69) is 9.18 Å². The predicted molar refractivity (Wildman–Crippen MR) is 84.0 cm³/mol. The summed E-state index contributed by atoms with van der Waals surface area (Å²) >= 11 is 0. The molecule has 0 fully saturated rings. The highest BCUT2D eigenvalue weighted by molar-refractivity contribution is 7.81. The third-order valence-corrected chi connectivity index (χ3v) is 4.00. The lowest BCUT2D eigenvalue weighted by Crippen LogP contribution is -2.32. The molecule has 8 heteroatoms. The molecule has 0 radical (unpaired) electrons. The van der Waals surface area contributed by atoms with Crippen LogP contribution in [-0.2, 0) is 15.2 Å². The van der Waals surface area contributed by atoms with Gasteiger partial charge < -0.3 is 4.18 Å². The Bertz CT molecular complexity index is 823. The van der Waals surface area contributed by atoms with Crippen molar-refractivity contribution in [3.8, 4) is 5.75 Å². The van der Waals surface area contributed by atoms with E-state index < -0.39 is 27.9 Å². The predicted octanol–water partition coefficient (Wildman–Crippen LogP) is 2.49. The Morgan fingerprint density at radius 1 is 1.35 bits per heavy atom. The van der Waals surface area contributed by atoms with E-state index in [1.807, 2.05) is 13.8 Å². The maximum Gasteiger partial charge on any atom is 0.446 e. The fourth-order valence-electron chi connectivity index (χ4n) is 2.65. The Hall–Kier alpha value is -2.06. The topological polar surface area (TPSA) is 110 Å². The first-order valence-corrected chi connectivity index (χ1v) is 8.33. The molecule has 1 atom stereocenters. The molecule has 124 valence electrons. The molecule has 0 spiro atoms. The van der Waals surface area contributed by atoms with Crippen LogP contribution in [0.25, 0.3) is 0 Å². The first-order chi connectivity index (χ1) is 10.5. The molecule has 0 saturated carbocycles. The molecule has 23 heavy (non-hydrogen) atoms. The van der Waals surface area contributed by atoms with E-state index in [4.69, 9.17) is 4.55 Å². The van der Waals surface area contributed by atoms with Crippen LogP contribution in [0.1, 0.15) is 49.5 Å². The van der Waals surface area contributed by atoms with Crippen molar-refractivity contribution in [2.75, 3.05) is 0 Å². The van der Waals surface area contributed by atoms with Crippen molar-refractivity contribution >= 4 is 33.4 Å². The third kappa shape index (κ3) is 3.32. The minimum absolute atomic E-state index is 0.0155. The van der Waals surface area contributed by atoms with Crippen LogP contribution in [0.4, 0.5) is 5.69 Å². The van der Waals surface area contributed by atoms with E-state index in [0.717, 1.165) is 5.56 Å². The van der Waals surface area contributed by atoms with Crippen molar-refractivity contribution in [1.29, 1.82) is 0 Å². The first-order valence-electron chi connectivity index (χ1n) is 6.96. The summed E-state index contributed by atoms with van der Waals surface area (Å²) in [6.45, 7) is 6.63. The van der Waals surface area contributed by atoms with Crippen LogP contribution in [-0.4, -0.2) is 30.2 Å². The zero-order chi connectivity index (χ0) is 17.5. The van der Waals surface area contributed by atoms with Gasteiger partial charge in [-0.2, -0.15) is 8.42 Å². The van der Waals surface area contributed by atoms with Gasteiger partial charge in [-0.05, 0) is 31.4 Å². The second kappa shape index (κ2) is 5.86. The molecule has 1 aliphatic rings. The number of benzene rings is 1. The molecule has 0 bridgehead atoms. The van der Waals surface area contributed by atoms with Crippen molar-refractivity contribution in [1.82, 2.24) is 0 Å². The van der Waals surface area contributed by atoms with Crippen LogP contribution in [0.5, 0.6) is 5.75 Å². The van der Waals surface area contributed by atoms with Gasteiger partial charge in [0.05, 0.1) is 11.3 Å². The molecule has 1 heterocycles. The van der Waals surface area contributed by atoms with Crippen LogP contribution in [0, 0.1) is 5.92 Å². The lowest BCUT2D eigenvalue weighted by molar-refractivity contribution is -0.117. The number of carbonyl (C=O) groups excluding carboxylic acids is 2. The Labute approximate surface area is 134 Å². The van der Waals surface area contributed by atoms with E-state index in [1.54, 1.807) is 13.0 Å². The minimum Gasteiger partial charge on any atom is -0.361 e. The average Bonchev–Trinajstić information content (AvgIpc) is 2.35. The van der Waals surface area contributed by atoms with Crippen molar-refractivity contribution in [2.24, 2.45) is 10.9 Å². The van der Waals surface area contributed by atoms with E-state index in [-0.39, 0.29) is 22.9 Å². The summed E-state index contributed by atoms with van der Waals surface area (Å²) in [6, 6.07) is 2.87. The van der Waals surface area contributed by atoms with E-state index >= 15 is 0 Å². The summed E-state index contributed by atoms with van der Waals surface area (Å²) in [5, 5.41) is 0. The van der Waals surface area contributed by atoms with Gasteiger partial charge in [0.2, 0.25) is 0 Å². The quantitative estimate of drug-likeness (QED) is 0.666. The number of aliphatic imine (C=N–C) groups is 1. The number of Topliss-reactive ketones (excluding diaryl/α,β-unsaturated/α-hetero) is 2. The average molecular weight is 339 g/mol. The summed E-state index contributed by atoms with van der Waals surface area (Å²) in [5.41, 5.74) is 1.25. The summed E-state index contributed by atoms with van der Waals surface area (Å²) < 4.78 is 35.4. The molecule has 7 nitrogen and oxygen atoms in total. The number of rotatable bonds is 4. The highest BCUT2D eigenvalue weighted by atomic mass is 32.3. The highest BCUT2D eigenvalue weighted by Gasteiger charge is 2.37. The Morgan fingerprint density at radius 3 is 2.43 bits per heavy atom. The Kier molecular flexibility index (Phi) is 4.41. The first kappa shape index (κ1) is 17.3. The second-order valence-electron chi connectivity index (χ2n) is 5.70. The Balaban J connectivity index is 2.78. The number of nitrogens with zero attached hydrogens (tertiary/aromatic N) is 1. The molecule has 0 amide bonds. The van der Waals surface area contributed by atoms with Crippen LogP contribution < -0.4 is 4.18 Å². The van der Waals surface area contributed by atoms with Gasteiger partial charge in [-0.15, -0.1) is 0 Å². The van der Waals surface area contributed by atoms with Crippen molar-refractivity contribution in [3.63, 3.8) is 0 Å².